The highest BCUT2D eigenvalue weighted by Crippen LogP contribution is 2.29. The van der Waals surface area contributed by atoms with Gasteiger partial charge in [0.25, 0.3) is 5.91 Å². The van der Waals surface area contributed by atoms with E-state index in [-0.39, 0.29) is 11.6 Å². The van der Waals surface area contributed by atoms with Crippen molar-refractivity contribution < 1.29 is 19.1 Å². The van der Waals surface area contributed by atoms with Crippen LogP contribution < -0.4 is 26.4 Å². The summed E-state index contributed by atoms with van der Waals surface area (Å²) in [5.74, 6) is 1.70. The number of hydrogen-bond acceptors (Lipinski definition) is 12. The number of anilines is 4. The lowest BCUT2D eigenvalue weighted by atomic mass is 9.93. The van der Waals surface area contributed by atoms with E-state index >= 15 is 0 Å². The van der Waals surface area contributed by atoms with Gasteiger partial charge in [-0.1, -0.05) is 38.1 Å². The summed E-state index contributed by atoms with van der Waals surface area (Å²) in [7, 11) is 3.25. The number of aromatic nitrogens is 2. The Labute approximate surface area is 270 Å². The monoisotopic (exact) mass is 631 g/mol. The molecule has 0 bridgehead atoms. The molecule has 2 aromatic carbocycles. The van der Waals surface area contributed by atoms with Gasteiger partial charge in [-0.2, -0.15) is 0 Å². The maximum atomic E-state index is 12.6. The molecule has 2 heterocycles. The van der Waals surface area contributed by atoms with Crippen LogP contribution in [-0.2, 0) is 14.4 Å². The zero-order valence-corrected chi connectivity index (χ0v) is 27.2. The Morgan fingerprint density at radius 2 is 1.78 bits per heavy atom. The largest absolute Gasteiger partial charge is 0.492 e. The zero-order valence-electron chi connectivity index (χ0n) is 27.2. The Bertz CT molecular complexity index is 1480. The topological polar surface area (TPSA) is 172 Å². The van der Waals surface area contributed by atoms with Crippen LogP contribution >= 0.6 is 0 Å². The molecule has 6 N–H and O–H groups in total. The predicted octanol–water partition coefficient (Wildman–Crippen LogP) is 4.46. The molecule has 0 unspecified atom stereocenters. The second kappa shape index (κ2) is 17.6. The van der Waals surface area contributed by atoms with Gasteiger partial charge in [0.2, 0.25) is 0 Å². The summed E-state index contributed by atoms with van der Waals surface area (Å²) in [6.07, 6.45) is 2.80. The summed E-state index contributed by atoms with van der Waals surface area (Å²) in [4.78, 5) is 28.9. The van der Waals surface area contributed by atoms with Crippen molar-refractivity contribution in [3.63, 3.8) is 0 Å². The molecule has 0 atom stereocenters. The van der Waals surface area contributed by atoms with Gasteiger partial charge in [-0.15, -0.1) is 0 Å². The maximum absolute atomic E-state index is 12.6. The fourth-order valence-corrected chi connectivity index (χ4v) is 4.43. The van der Waals surface area contributed by atoms with Gasteiger partial charge >= 0.3 is 0 Å². The summed E-state index contributed by atoms with van der Waals surface area (Å²) in [6.45, 7) is 13.7. The molecule has 3 aromatic rings. The molecule has 1 saturated heterocycles. The Kier molecular flexibility index (Phi) is 13.6. The lowest BCUT2D eigenvalue weighted by Crippen LogP contribution is -2.38. The third-order valence-corrected chi connectivity index (χ3v) is 6.82. The highest BCUT2D eigenvalue weighted by molar-refractivity contribution is 6.16. The molecule has 1 aromatic heterocycles. The van der Waals surface area contributed by atoms with Gasteiger partial charge in [0.15, 0.2) is 0 Å². The second-order valence-electron chi connectivity index (χ2n) is 11.1. The van der Waals surface area contributed by atoms with Gasteiger partial charge in [0.05, 0.1) is 24.5 Å². The molecular formula is C33H45N9O4. The van der Waals surface area contributed by atoms with Crippen molar-refractivity contribution >= 4 is 41.3 Å². The van der Waals surface area contributed by atoms with Crippen LogP contribution in [0.5, 0.6) is 5.75 Å². The van der Waals surface area contributed by atoms with Crippen molar-refractivity contribution in [1.29, 1.82) is 5.41 Å². The Morgan fingerprint density at radius 3 is 2.43 bits per heavy atom. The van der Waals surface area contributed by atoms with E-state index in [1.54, 1.807) is 19.2 Å². The van der Waals surface area contributed by atoms with E-state index in [4.69, 9.17) is 19.7 Å². The van der Waals surface area contributed by atoms with Crippen molar-refractivity contribution in [2.24, 2.45) is 16.3 Å². The van der Waals surface area contributed by atoms with Gasteiger partial charge < -0.3 is 36.0 Å². The number of amides is 1. The molecule has 1 fully saturated rings. The van der Waals surface area contributed by atoms with Crippen LogP contribution in [0.15, 0.2) is 71.8 Å². The minimum absolute atomic E-state index is 0.234. The van der Waals surface area contributed by atoms with Crippen molar-refractivity contribution in [2.45, 2.75) is 20.8 Å². The first kappa shape index (κ1) is 35.6. The van der Waals surface area contributed by atoms with Crippen molar-refractivity contribution in [1.82, 2.24) is 14.9 Å². The third-order valence-electron chi connectivity index (χ3n) is 6.82. The lowest BCUT2D eigenvalue weighted by Gasteiger charge is -2.26. The number of rotatable bonds is 13. The van der Waals surface area contributed by atoms with Crippen LogP contribution in [0.3, 0.4) is 0 Å². The van der Waals surface area contributed by atoms with E-state index in [0.717, 1.165) is 32.8 Å². The molecule has 0 spiro atoms. The first-order valence-corrected chi connectivity index (χ1v) is 14.9. The average molecular weight is 632 g/mol. The highest BCUT2D eigenvalue weighted by Gasteiger charge is 2.21. The molecule has 1 aliphatic heterocycles. The maximum Gasteiger partial charge on any atom is 0.251 e. The fraction of sp³-hybridized carbons (Fsp3) is 0.364. The molecule has 0 radical (unpaired) electrons. The van der Waals surface area contributed by atoms with E-state index in [1.807, 2.05) is 57.2 Å². The fourth-order valence-electron chi connectivity index (χ4n) is 4.43. The number of allylic oxidation sites excluding steroid dienone is 1. The molecule has 0 saturated carbocycles. The molecule has 13 nitrogen and oxygen atoms in total. The number of nitrogens with zero attached hydrogens (tertiary/aromatic N) is 4. The molecule has 1 aliphatic rings. The minimum Gasteiger partial charge on any atom is -0.492 e. The highest BCUT2D eigenvalue weighted by atomic mass is 16.6. The summed E-state index contributed by atoms with van der Waals surface area (Å²) in [5.41, 5.74) is 6.79. The number of nitrogens with two attached hydrogens (primary N) is 1. The zero-order chi connectivity index (χ0) is 33.5. The number of carbonyl (C=O) groups is 1. The molecular weight excluding hydrogens is 586 g/mol. The quantitative estimate of drug-likeness (QED) is 0.0785. The number of ether oxygens (including phenoxy) is 2. The third kappa shape index (κ3) is 10.4. The number of hydrogen-bond donors (Lipinski definition) is 5. The molecule has 46 heavy (non-hydrogen) atoms. The van der Waals surface area contributed by atoms with Crippen molar-refractivity contribution in [2.75, 3.05) is 69.5 Å². The number of nitrogens with one attached hydrogen (secondary N) is 4. The van der Waals surface area contributed by atoms with E-state index < -0.39 is 5.41 Å². The molecule has 4 rings (SSSR count). The van der Waals surface area contributed by atoms with Gasteiger partial charge in [-0.25, -0.2) is 9.97 Å². The lowest BCUT2D eigenvalue weighted by molar-refractivity contribution is -0.112. The standard InChI is InChI=1S/C32H40N8O4.CH5N/c1-32(2,3)26(44-35-5)20-27(41)38-23-9-11-24(12-10-23)39-31-28(30(34-4)36-21-37-31)29(33)22-7-6-8-25(19-22)43-18-15-40-13-16-42-17-14-40;1-2/h6-12,19-21,33H,5,13-18H2,1-4H3,(H,38,41)(H2,34,36,37,39);2H2,1H3/b26-20-,33-29?;. The summed E-state index contributed by atoms with van der Waals surface area (Å²) >= 11 is 0. The van der Waals surface area contributed by atoms with Crippen LogP contribution in [0, 0.1) is 10.8 Å². The Balaban J connectivity index is 0.00000282. The van der Waals surface area contributed by atoms with Crippen LogP contribution in [0.1, 0.15) is 31.9 Å². The number of oxime groups is 1. The normalized spacial score (nSPS) is 13.5. The van der Waals surface area contributed by atoms with Crippen molar-refractivity contribution in [3.05, 3.63) is 77.8 Å². The first-order valence-electron chi connectivity index (χ1n) is 14.9. The van der Waals surface area contributed by atoms with E-state index in [2.05, 4.69) is 48.4 Å². The van der Waals surface area contributed by atoms with Crippen LogP contribution in [-0.4, -0.2) is 86.8 Å². The summed E-state index contributed by atoms with van der Waals surface area (Å²) in [6, 6.07) is 14.6. The van der Waals surface area contributed by atoms with Crippen LogP contribution in [0.2, 0.25) is 0 Å². The Hall–Kier alpha value is -4.85. The predicted molar refractivity (Wildman–Crippen MR) is 183 cm³/mol. The van der Waals surface area contributed by atoms with E-state index in [1.165, 1.54) is 19.5 Å². The Morgan fingerprint density at radius 1 is 1.11 bits per heavy atom. The van der Waals surface area contributed by atoms with Crippen LogP contribution in [0.4, 0.5) is 23.0 Å². The van der Waals surface area contributed by atoms with Gasteiger partial charge in [-0.3, -0.25) is 15.1 Å². The van der Waals surface area contributed by atoms with E-state index in [9.17, 15) is 4.79 Å². The van der Waals surface area contributed by atoms with Crippen LogP contribution in [0.25, 0.3) is 0 Å². The first-order chi connectivity index (χ1) is 22.2. The molecule has 0 aliphatic carbocycles. The molecule has 246 valence electrons. The minimum atomic E-state index is -0.418. The van der Waals surface area contributed by atoms with Gasteiger partial charge in [0.1, 0.15) is 36.1 Å². The second-order valence-corrected chi connectivity index (χ2v) is 11.1. The SMILES string of the molecule is C=NO/C(=C\C(=O)Nc1ccc(Nc2ncnc(NC)c2C(=N)c2cccc(OCCN3CCOCC3)c2)cc1)C(C)(C)C.CN. The molecule has 13 heteroatoms. The molecule has 1 amide bonds. The number of morpholine rings is 1. The summed E-state index contributed by atoms with van der Waals surface area (Å²) in [5, 5.41) is 21.7. The summed E-state index contributed by atoms with van der Waals surface area (Å²) < 4.78 is 11.4. The van der Waals surface area contributed by atoms with Gasteiger partial charge in [0, 0.05) is 61.8 Å². The van der Waals surface area contributed by atoms with Crippen molar-refractivity contribution in [3.8, 4) is 5.75 Å². The van der Waals surface area contributed by atoms with E-state index in [0.29, 0.717) is 52.3 Å². The number of carbonyl (C=O) groups excluding carboxylic acids is 1. The smallest absolute Gasteiger partial charge is 0.251 e. The van der Waals surface area contributed by atoms with Gasteiger partial charge in [-0.05, 0) is 43.4 Å². The number of benzene rings is 2. The average Bonchev–Trinajstić information content (AvgIpc) is 3.06.